The van der Waals surface area contributed by atoms with Crippen LogP contribution >= 0.6 is 0 Å². The minimum Gasteiger partial charge on any atom is -0.374 e. The molecule has 3 fully saturated rings. The van der Waals surface area contributed by atoms with Gasteiger partial charge < -0.3 is 10.2 Å². The van der Waals surface area contributed by atoms with Gasteiger partial charge in [-0.25, -0.2) is 0 Å². The van der Waals surface area contributed by atoms with Gasteiger partial charge in [-0.15, -0.1) is 0 Å². The van der Waals surface area contributed by atoms with Crippen molar-refractivity contribution in [2.24, 2.45) is 0 Å². The first kappa shape index (κ1) is 33.0. The van der Waals surface area contributed by atoms with E-state index in [4.69, 9.17) is 10.2 Å². The van der Waals surface area contributed by atoms with E-state index in [0.29, 0.717) is 0 Å². The van der Waals surface area contributed by atoms with Gasteiger partial charge in [0.05, 0.1) is 0 Å². The maximum absolute atomic E-state index is 11.8. The minimum atomic E-state index is -5.68. The topological polar surface area (TPSA) is 46.9 Å². The molecule has 0 amide bonds. The van der Waals surface area contributed by atoms with E-state index in [-0.39, 0.29) is 0 Å². The van der Waals surface area contributed by atoms with E-state index < -0.39 is 61.6 Å². The van der Waals surface area contributed by atoms with Crippen molar-refractivity contribution in [2.75, 3.05) is 39.3 Å². The van der Waals surface area contributed by atoms with Crippen molar-refractivity contribution in [1.82, 2.24) is 9.80 Å². The predicted octanol–water partition coefficient (Wildman–Crippen LogP) is 4.90. The molecule has 16 heteroatoms. The lowest BCUT2D eigenvalue weighted by Gasteiger charge is -2.41. The van der Waals surface area contributed by atoms with Crippen LogP contribution in [0.2, 0.25) is 0 Å². The van der Waals surface area contributed by atoms with Crippen molar-refractivity contribution in [2.45, 2.75) is 75.4 Å². The number of fused-ring (bicyclic) bond motifs is 3. The normalized spacial score (nSPS) is 21.9. The van der Waals surface area contributed by atoms with E-state index in [1.165, 1.54) is 39.3 Å². The van der Waals surface area contributed by atoms with Gasteiger partial charge in [-0.05, 0) is 12.8 Å². The molecule has 3 rings (SSSR count). The van der Waals surface area contributed by atoms with Gasteiger partial charge in [-0.2, -0.15) is 52.7 Å². The van der Waals surface area contributed by atoms with E-state index >= 15 is 0 Å². The lowest BCUT2D eigenvalue weighted by Crippen LogP contribution is -2.56. The summed E-state index contributed by atoms with van der Waals surface area (Å²) in [6, 6.07) is 0. The standard InChI is InChI=1S/2C6H8F6O.C6H12N2/c2*1-2-3-4(13,5(7,8)9)6(10,11)12;1-2-8-5-3-7(1)4-6-8/h2*13H,2-3H2,1H3;1-6H2. The first-order chi connectivity index (χ1) is 15.1. The third kappa shape index (κ3) is 8.29. The zero-order valence-electron chi connectivity index (χ0n) is 18.4. The molecular formula is C18H28F12N2O2. The summed E-state index contributed by atoms with van der Waals surface area (Å²) in [6.07, 6.45) is -26.3. The third-order valence-corrected chi connectivity index (χ3v) is 5.30. The molecule has 3 saturated heterocycles. The summed E-state index contributed by atoms with van der Waals surface area (Å²) in [5, 5.41) is 16.9. The summed E-state index contributed by atoms with van der Waals surface area (Å²) < 4.78 is 142. The molecule has 34 heavy (non-hydrogen) atoms. The van der Waals surface area contributed by atoms with E-state index in [1.54, 1.807) is 0 Å². The Morgan fingerprint density at radius 1 is 0.471 bits per heavy atom. The molecule has 3 heterocycles. The summed E-state index contributed by atoms with van der Waals surface area (Å²) in [4.78, 5) is 5.08. The van der Waals surface area contributed by atoms with Gasteiger partial charge in [-0.3, -0.25) is 9.80 Å². The highest BCUT2D eigenvalue weighted by molar-refractivity contribution is 4.94. The lowest BCUT2D eigenvalue weighted by molar-refractivity contribution is -0.370. The first-order valence-electron chi connectivity index (χ1n) is 10.2. The Morgan fingerprint density at radius 2 is 0.647 bits per heavy atom. The van der Waals surface area contributed by atoms with Crippen LogP contribution in [0.4, 0.5) is 52.7 Å². The van der Waals surface area contributed by atoms with Crippen molar-refractivity contribution in [1.29, 1.82) is 0 Å². The van der Waals surface area contributed by atoms with E-state index in [9.17, 15) is 52.7 Å². The number of aliphatic hydroxyl groups is 2. The molecule has 3 aliphatic heterocycles. The molecule has 3 aliphatic rings. The molecule has 206 valence electrons. The fourth-order valence-corrected chi connectivity index (χ4v) is 3.13. The Bertz CT molecular complexity index is 503. The third-order valence-electron chi connectivity index (χ3n) is 5.30. The largest absolute Gasteiger partial charge is 0.426 e. The van der Waals surface area contributed by atoms with Crippen LogP contribution in [-0.4, -0.2) is 95.2 Å². The summed E-state index contributed by atoms with van der Waals surface area (Å²) in [5.41, 5.74) is -9.15. The summed E-state index contributed by atoms with van der Waals surface area (Å²) in [5.74, 6) is 0. The van der Waals surface area contributed by atoms with Crippen molar-refractivity contribution in [3.63, 3.8) is 0 Å². The van der Waals surface area contributed by atoms with Crippen LogP contribution in [0.1, 0.15) is 39.5 Å². The van der Waals surface area contributed by atoms with Crippen molar-refractivity contribution in [3.8, 4) is 0 Å². The number of hydrogen-bond acceptors (Lipinski definition) is 4. The van der Waals surface area contributed by atoms with E-state index in [2.05, 4.69) is 9.80 Å². The van der Waals surface area contributed by atoms with Gasteiger partial charge in [0.1, 0.15) is 0 Å². The van der Waals surface area contributed by atoms with Crippen LogP contribution in [0.5, 0.6) is 0 Å². The number of hydrogen-bond donors (Lipinski definition) is 2. The smallest absolute Gasteiger partial charge is 0.374 e. The molecule has 0 saturated carbocycles. The van der Waals surface area contributed by atoms with Crippen molar-refractivity contribution >= 4 is 0 Å². The maximum atomic E-state index is 11.8. The fourth-order valence-electron chi connectivity index (χ4n) is 3.13. The molecule has 4 nitrogen and oxygen atoms in total. The predicted molar refractivity (Wildman–Crippen MR) is 96.8 cm³/mol. The van der Waals surface area contributed by atoms with Gasteiger partial charge >= 0.3 is 24.7 Å². The molecule has 0 aromatic rings. The number of piperazine rings is 3. The van der Waals surface area contributed by atoms with Gasteiger partial charge in [0.15, 0.2) is 0 Å². The van der Waals surface area contributed by atoms with Crippen LogP contribution in [0, 0.1) is 0 Å². The number of alkyl halides is 12. The van der Waals surface area contributed by atoms with Crippen LogP contribution in [0.15, 0.2) is 0 Å². The molecule has 0 aromatic heterocycles. The second-order valence-corrected chi connectivity index (χ2v) is 7.89. The second-order valence-electron chi connectivity index (χ2n) is 7.89. The highest BCUT2D eigenvalue weighted by atomic mass is 19.4. The Hall–Kier alpha value is -1.00. The number of rotatable bonds is 4. The second kappa shape index (κ2) is 11.8. The average Bonchev–Trinajstić information content (AvgIpc) is 2.67. The molecule has 0 aliphatic carbocycles. The molecule has 0 aromatic carbocycles. The van der Waals surface area contributed by atoms with Crippen LogP contribution in [-0.2, 0) is 0 Å². The SMILES string of the molecule is C1CN2CCN1CC2.CCCC(O)(C(F)(F)F)C(F)(F)F.CCCC(O)(C(F)(F)F)C(F)(F)F. The van der Waals surface area contributed by atoms with Crippen LogP contribution < -0.4 is 0 Å². The van der Waals surface area contributed by atoms with Gasteiger partial charge in [0, 0.05) is 39.3 Å². The molecule has 0 unspecified atom stereocenters. The Kier molecular flexibility index (Phi) is 11.5. The quantitative estimate of drug-likeness (QED) is 0.506. The Morgan fingerprint density at radius 3 is 0.706 bits per heavy atom. The van der Waals surface area contributed by atoms with Gasteiger partial charge in [0.25, 0.3) is 11.2 Å². The zero-order chi connectivity index (χ0) is 27.2. The van der Waals surface area contributed by atoms with E-state index in [1.807, 2.05) is 0 Å². The van der Waals surface area contributed by atoms with Crippen LogP contribution in [0.3, 0.4) is 0 Å². The first-order valence-corrected chi connectivity index (χ1v) is 10.2. The zero-order valence-corrected chi connectivity index (χ0v) is 18.4. The average molecular weight is 532 g/mol. The Labute approximate surface area is 188 Å². The number of nitrogens with zero attached hydrogens (tertiary/aromatic N) is 2. The Balaban J connectivity index is 0.000000491. The molecule has 0 spiro atoms. The minimum absolute atomic E-state index is 0.407. The van der Waals surface area contributed by atoms with Gasteiger partial charge in [-0.1, -0.05) is 26.7 Å². The fraction of sp³-hybridized carbons (Fsp3) is 1.00. The van der Waals surface area contributed by atoms with Crippen molar-refractivity contribution in [3.05, 3.63) is 0 Å². The highest BCUT2D eigenvalue weighted by Crippen LogP contribution is 2.46. The van der Waals surface area contributed by atoms with Crippen molar-refractivity contribution < 1.29 is 62.9 Å². The molecule has 2 bridgehead atoms. The lowest BCUT2D eigenvalue weighted by atomic mass is 9.97. The monoisotopic (exact) mass is 532 g/mol. The summed E-state index contributed by atoms with van der Waals surface area (Å²) >= 11 is 0. The van der Waals surface area contributed by atoms with E-state index in [0.717, 1.165) is 13.8 Å². The van der Waals surface area contributed by atoms with Crippen LogP contribution in [0.25, 0.3) is 0 Å². The number of halogens is 12. The summed E-state index contributed by atoms with van der Waals surface area (Å²) in [6.45, 7) is 10.2. The highest BCUT2D eigenvalue weighted by Gasteiger charge is 2.70. The maximum Gasteiger partial charge on any atom is 0.426 e. The molecular weight excluding hydrogens is 504 g/mol. The molecule has 0 atom stereocenters. The molecule has 0 radical (unpaired) electrons. The van der Waals surface area contributed by atoms with Gasteiger partial charge in [0.2, 0.25) is 0 Å². The summed E-state index contributed by atoms with van der Waals surface area (Å²) in [7, 11) is 0. The molecule has 2 N–H and O–H groups in total.